The van der Waals surface area contributed by atoms with Crippen LogP contribution in [0.1, 0.15) is 18.4 Å². The molecule has 1 amide bonds. The highest BCUT2D eigenvalue weighted by Crippen LogP contribution is 2.10. The van der Waals surface area contributed by atoms with Crippen molar-refractivity contribution >= 4 is 40.6 Å². The molecule has 0 atom stereocenters. The summed E-state index contributed by atoms with van der Waals surface area (Å²) in [5.41, 5.74) is 1.53. The number of carbonyl (C=O) groups excluding carboxylic acids is 1. The van der Waals surface area contributed by atoms with Crippen LogP contribution in [0.2, 0.25) is 5.02 Å². The maximum Gasteiger partial charge on any atom is 0.262 e. The van der Waals surface area contributed by atoms with Crippen molar-refractivity contribution in [2.24, 2.45) is 0 Å². The Labute approximate surface area is 160 Å². The Morgan fingerprint density at radius 2 is 2.00 bits per heavy atom. The Bertz CT molecular complexity index is 1060. The first-order valence-corrected chi connectivity index (χ1v) is 9.06. The van der Waals surface area contributed by atoms with Crippen LogP contribution in [0.25, 0.3) is 10.9 Å². The van der Waals surface area contributed by atoms with E-state index in [2.05, 4.69) is 10.3 Å². The van der Waals surface area contributed by atoms with Gasteiger partial charge < -0.3 is 10.3 Å². The number of hydrogen-bond acceptors (Lipinski definition) is 3. The molecule has 5 nitrogen and oxygen atoms in total. The molecule has 7 heteroatoms. The molecule has 0 aliphatic carbocycles. The lowest BCUT2D eigenvalue weighted by Crippen LogP contribution is -2.25. The molecule has 2 aromatic carbocycles. The number of hydrogen-bond donors (Lipinski definition) is 2. The second-order valence-electron chi connectivity index (χ2n) is 5.94. The fourth-order valence-corrected chi connectivity index (χ4v) is 3.23. The fourth-order valence-electron chi connectivity index (χ4n) is 2.74. The van der Waals surface area contributed by atoms with Gasteiger partial charge in [0.25, 0.3) is 5.56 Å². The van der Waals surface area contributed by atoms with Gasteiger partial charge in [-0.2, -0.15) is 0 Å². The van der Waals surface area contributed by atoms with Crippen LogP contribution in [-0.4, -0.2) is 15.5 Å². The van der Waals surface area contributed by atoms with E-state index >= 15 is 0 Å². The molecule has 0 saturated heterocycles. The zero-order chi connectivity index (χ0) is 18.5. The lowest BCUT2D eigenvalue weighted by Gasteiger charge is -2.09. The molecule has 0 fully saturated rings. The topological polar surface area (TPSA) is 66.9 Å². The van der Waals surface area contributed by atoms with Gasteiger partial charge in [-0.15, -0.1) is 0 Å². The van der Waals surface area contributed by atoms with Crippen molar-refractivity contribution in [3.8, 4) is 0 Å². The van der Waals surface area contributed by atoms with Gasteiger partial charge >= 0.3 is 0 Å². The van der Waals surface area contributed by atoms with E-state index in [0.717, 1.165) is 11.1 Å². The lowest BCUT2D eigenvalue weighted by molar-refractivity contribution is -0.121. The number of nitrogens with one attached hydrogen (secondary N) is 2. The predicted octanol–water partition coefficient (Wildman–Crippen LogP) is 3.81. The second kappa shape index (κ2) is 8.29. The molecule has 0 spiro atoms. The Balaban J connectivity index is 1.58. The predicted molar refractivity (Wildman–Crippen MR) is 106 cm³/mol. The average Bonchev–Trinajstić information content (AvgIpc) is 2.63. The van der Waals surface area contributed by atoms with E-state index < -0.39 is 0 Å². The number of amides is 1. The molecule has 26 heavy (non-hydrogen) atoms. The van der Waals surface area contributed by atoms with Crippen LogP contribution in [-0.2, 0) is 17.9 Å². The van der Waals surface area contributed by atoms with E-state index in [1.165, 1.54) is 4.57 Å². The van der Waals surface area contributed by atoms with Gasteiger partial charge in [-0.1, -0.05) is 35.9 Å². The van der Waals surface area contributed by atoms with E-state index in [-0.39, 0.29) is 11.5 Å². The summed E-state index contributed by atoms with van der Waals surface area (Å²) < 4.78 is 1.87. The maximum atomic E-state index is 12.5. The quantitative estimate of drug-likeness (QED) is 0.632. The minimum absolute atomic E-state index is 0.0753. The van der Waals surface area contributed by atoms with Crippen LogP contribution in [0, 0.1) is 4.77 Å². The number of H-pyrrole nitrogens is 1. The molecular weight excluding hydrogens is 370 g/mol. The average molecular weight is 388 g/mol. The van der Waals surface area contributed by atoms with Crippen molar-refractivity contribution in [3.05, 3.63) is 74.2 Å². The summed E-state index contributed by atoms with van der Waals surface area (Å²) in [6.07, 6.45) is 0.839. The smallest absolute Gasteiger partial charge is 0.262 e. The second-order valence-corrected chi connectivity index (χ2v) is 6.77. The molecule has 3 aromatic rings. The van der Waals surface area contributed by atoms with Crippen molar-refractivity contribution in [3.63, 3.8) is 0 Å². The van der Waals surface area contributed by atoms with Crippen LogP contribution in [0.5, 0.6) is 0 Å². The molecule has 134 valence electrons. The largest absolute Gasteiger partial charge is 0.352 e. The first kappa shape index (κ1) is 18.4. The van der Waals surface area contributed by atoms with Gasteiger partial charge in [0.2, 0.25) is 5.91 Å². The third kappa shape index (κ3) is 4.39. The highest BCUT2D eigenvalue weighted by Gasteiger charge is 2.07. The van der Waals surface area contributed by atoms with Gasteiger partial charge in [0.05, 0.1) is 10.9 Å². The summed E-state index contributed by atoms with van der Waals surface area (Å²) in [5.74, 6) is -0.0753. The van der Waals surface area contributed by atoms with Crippen LogP contribution in [0.15, 0.2) is 53.3 Å². The molecule has 3 rings (SSSR count). The Kier molecular flexibility index (Phi) is 5.85. The SMILES string of the molecule is O=C(CCCn1c(=S)[nH]c2ccccc2c1=O)NCc1cccc(Cl)c1. The molecule has 1 aromatic heterocycles. The number of aromatic amines is 1. The summed E-state index contributed by atoms with van der Waals surface area (Å²) in [6.45, 7) is 0.818. The summed E-state index contributed by atoms with van der Waals surface area (Å²) in [6, 6.07) is 14.6. The van der Waals surface area contributed by atoms with Crippen LogP contribution < -0.4 is 10.9 Å². The van der Waals surface area contributed by atoms with Crippen molar-refractivity contribution in [2.45, 2.75) is 25.9 Å². The van der Waals surface area contributed by atoms with Gasteiger partial charge in [-0.25, -0.2) is 0 Å². The van der Waals surface area contributed by atoms with E-state index in [1.807, 2.05) is 36.4 Å². The number of rotatable bonds is 6. The van der Waals surface area contributed by atoms with Gasteiger partial charge in [-0.05, 0) is 48.5 Å². The first-order valence-electron chi connectivity index (χ1n) is 8.27. The molecule has 1 heterocycles. The van der Waals surface area contributed by atoms with Gasteiger partial charge in [0.1, 0.15) is 0 Å². The highest BCUT2D eigenvalue weighted by atomic mass is 35.5. The van der Waals surface area contributed by atoms with Crippen molar-refractivity contribution in [1.29, 1.82) is 0 Å². The molecule has 0 radical (unpaired) electrons. The number of halogens is 1. The molecule has 0 unspecified atom stereocenters. The van der Waals surface area contributed by atoms with E-state index in [9.17, 15) is 9.59 Å². The van der Waals surface area contributed by atoms with Crippen LogP contribution >= 0.6 is 23.8 Å². The number of fused-ring (bicyclic) bond motifs is 1. The van der Waals surface area contributed by atoms with E-state index in [1.54, 1.807) is 12.1 Å². The lowest BCUT2D eigenvalue weighted by atomic mass is 10.2. The Morgan fingerprint density at radius 3 is 2.81 bits per heavy atom. The number of benzene rings is 2. The summed E-state index contributed by atoms with van der Waals surface area (Å²) in [4.78, 5) is 27.6. The minimum atomic E-state index is -0.135. The van der Waals surface area contributed by atoms with Gasteiger partial charge in [0.15, 0.2) is 4.77 Å². The molecule has 0 aliphatic rings. The zero-order valence-electron chi connectivity index (χ0n) is 14.0. The zero-order valence-corrected chi connectivity index (χ0v) is 15.6. The summed E-state index contributed by atoms with van der Waals surface area (Å²) in [7, 11) is 0. The molecular formula is C19H18ClN3O2S. The van der Waals surface area contributed by atoms with Crippen LogP contribution in [0.3, 0.4) is 0 Å². The summed E-state index contributed by atoms with van der Waals surface area (Å²) in [5, 5.41) is 4.08. The fraction of sp³-hybridized carbons (Fsp3) is 0.211. The number of nitrogens with zero attached hydrogens (tertiary/aromatic N) is 1. The highest BCUT2D eigenvalue weighted by molar-refractivity contribution is 7.71. The minimum Gasteiger partial charge on any atom is -0.352 e. The third-order valence-corrected chi connectivity index (χ3v) is 4.61. The third-order valence-electron chi connectivity index (χ3n) is 4.05. The van der Waals surface area contributed by atoms with Crippen molar-refractivity contribution < 1.29 is 4.79 Å². The van der Waals surface area contributed by atoms with E-state index in [0.29, 0.717) is 41.1 Å². The molecule has 0 saturated carbocycles. The summed E-state index contributed by atoms with van der Waals surface area (Å²) >= 11 is 11.2. The Hall–Kier alpha value is -2.44. The number of aromatic nitrogens is 2. The van der Waals surface area contributed by atoms with Gasteiger partial charge in [0, 0.05) is 24.5 Å². The Morgan fingerprint density at radius 1 is 1.19 bits per heavy atom. The standard InChI is InChI=1S/C19H18ClN3O2S/c20-14-6-3-5-13(11-14)12-21-17(24)9-4-10-23-18(25)15-7-1-2-8-16(15)22-19(23)26/h1-3,5-8,11H,4,9-10,12H2,(H,21,24)(H,22,26). The maximum absolute atomic E-state index is 12.5. The van der Waals surface area contributed by atoms with Crippen LogP contribution in [0.4, 0.5) is 0 Å². The van der Waals surface area contributed by atoms with E-state index in [4.69, 9.17) is 23.8 Å². The normalized spacial score (nSPS) is 10.8. The number of carbonyl (C=O) groups is 1. The monoisotopic (exact) mass is 387 g/mol. The first-order chi connectivity index (χ1) is 12.5. The van der Waals surface area contributed by atoms with Crippen molar-refractivity contribution in [2.75, 3.05) is 0 Å². The van der Waals surface area contributed by atoms with Gasteiger partial charge in [-0.3, -0.25) is 14.2 Å². The molecule has 0 aliphatic heterocycles. The van der Waals surface area contributed by atoms with Crippen molar-refractivity contribution in [1.82, 2.24) is 14.9 Å². The molecule has 0 bridgehead atoms. The number of para-hydroxylation sites is 1. The molecule has 2 N–H and O–H groups in total.